The summed E-state index contributed by atoms with van der Waals surface area (Å²) in [5.74, 6) is -0.178. The Morgan fingerprint density at radius 1 is 1.19 bits per heavy atom. The summed E-state index contributed by atoms with van der Waals surface area (Å²) in [5.41, 5.74) is 7.00. The van der Waals surface area contributed by atoms with Gasteiger partial charge < -0.3 is 16.0 Å². The molecule has 0 aliphatic carbocycles. The topological polar surface area (TPSA) is 75.4 Å². The summed E-state index contributed by atoms with van der Waals surface area (Å²) in [5, 5.41) is 4.97. The minimum absolute atomic E-state index is 0.0345. The molecule has 0 aromatic heterocycles. The third-order valence-corrected chi connectivity index (χ3v) is 5.14. The Morgan fingerprint density at radius 3 is 2.77 bits per heavy atom. The summed E-state index contributed by atoms with van der Waals surface area (Å²) >= 11 is 0. The second kappa shape index (κ2) is 8.32. The van der Waals surface area contributed by atoms with Crippen LogP contribution in [0, 0.1) is 0 Å². The Bertz CT molecular complexity index is 782. The number of hydrogen-bond acceptors (Lipinski definition) is 3. The van der Waals surface area contributed by atoms with Crippen LogP contribution >= 0.6 is 0 Å². The Labute approximate surface area is 154 Å². The largest absolute Gasteiger partial charge is 0.347 e. The number of hydrogen-bond donors (Lipinski definition) is 2. The average molecular weight is 353 g/mol. The van der Waals surface area contributed by atoms with Gasteiger partial charge in [-0.15, -0.1) is 0 Å². The van der Waals surface area contributed by atoms with E-state index < -0.39 is 0 Å². The van der Waals surface area contributed by atoms with Crippen molar-refractivity contribution in [3.05, 3.63) is 48.0 Å². The van der Waals surface area contributed by atoms with Gasteiger partial charge >= 0.3 is 0 Å². The van der Waals surface area contributed by atoms with Crippen LogP contribution in [-0.4, -0.2) is 41.9 Å². The third-order valence-electron chi connectivity index (χ3n) is 5.14. The van der Waals surface area contributed by atoms with E-state index in [9.17, 15) is 9.59 Å². The van der Waals surface area contributed by atoms with Crippen molar-refractivity contribution in [3.63, 3.8) is 0 Å². The number of piperidine rings is 1. The molecular formula is C21H27N3O2. The monoisotopic (exact) mass is 353 g/mol. The maximum absolute atomic E-state index is 12.5. The molecule has 1 heterocycles. The number of amides is 2. The van der Waals surface area contributed by atoms with Gasteiger partial charge in [0.1, 0.15) is 0 Å². The smallest absolute Gasteiger partial charge is 0.242 e. The molecule has 3 rings (SSSR count). The van der Waals surface area contributed by atoms with Gasteiger partial charge in [-0.2, -0.15) is 0 Å². The summed E-state index contributed by atoms with van der Waals surface area (Å²) in [4.78, 5) is 26.7. The van der Waals surface area contributed by atoms with Gasteiger partial charge in [0.05, 0.1) is 13.0 Å². The number of benzene rings is 2. The van der Waals surface area contributed by atoms with Gasteiger partial charge in [-0.1, -0.05) is 42.5 Å². The number of nitrogens with one attached hydrogen (secondary N) is 1. The van der Waals surface area contributed by atoms with Gasteiger partial charge in [-0.05, 0) is 42.5 Å². The van der Waals surface area contributed by atoms with Crippen LogP contribution in [0.5, 0.6) is 0 Å². The van der Waals surface area contributed by atoms with Crippen molar-refractivity contribution in [1.29, 1.82) is 0 Å². The lowest BCUT2D eigenvalue weighted by molar-refractivity contribution is -0.136. The normalized spacial score (nSPS) is 18.5. The van der Waals surface area contributed by atoms with E-state index in [1.54, 1.807) is 0 Å². The molecule has 5 nitrogen and oxygen atoms in total. The van der Waals surface area contributed by atoms with Crippen molar-refractivity contribution in [3.8, 4) is 0 Å². The lowest BCUT2D eigenvalue weighted by atomic mass is 9.97. The molecule has 26 heavy (non-hydrogen) atoms. The lowest BCUT2D eigenvalue weighted by Crippen LogP contribution is -2.54. The molecule has 0 radical (unpaired) electrons. The Hall–Kier alpha value is -2.40. The zero-order valence-corrected chi connectivity index (χ0v) is 15.3. The molecule has 1 fully saturated rings. The molecule has 2 aromatic rings. The van der Waals surface area contributed by atoms with E-state index in [0.29, 0.717) is 0 Å². The van der Waals surface area contributed by atoms with Crippen LogP contribution in [0.4, 0.5) is 0 Å². The zero-order chi connectivity index (χ0) is 18.5. The third kappa shape index (κ3) is 4.22. The van der Waals surface area contributed by atoms with Gasteiger partial charge in [0.2, 0.25) is 11.8 Å². The van der Waals surface area contributed by atoms with Crippen LogP contribution in [0.15, 0.2) is 42.5 Å². The molecule has 2 unspecified atom stereocenters. The number of likely N-dealkylation sites (tertiary alicyclic amines) is 1. The molecule has 0 bridgehead atoms. The Kier molecular flexibility index (Phi) is 5.89. The predicted octanol–water partition coefficient (Wildman–Crippen LogP) is 2.23. The van der Waals surface area contributed by atoms with Gasteiger partial charge in [-0.25, -0.2) is 0 Å². The standard InChI is InChI=1S/C21H27N3O2/c1-15(22)19-11-4-5-12-24(19)21(26)14-23-20(25)13-17-9-6-8-16-7-2-3-10-18(16)17/h2-3,6-10,15,19H,4-5,11-14,22H2,1H3,(H,23,25). The van der Waals surface area contributed by atoms with Crippen LogP contribution < -0.4 is 11.1 Å². The van der Waals surface area contributed by atoms with Crippen LogP contribution in [-0.2, 0) is 16.0 Å². The number of carbonyl (C=O) groups is 2. The highest BCUT2D eigenvalue weighted by molar-refractivity contribution is 5.91. The summed E-state index contributed by atoms with van der Waals surface area (Å²) in [7, 11) is 0. The molecule has 3 N–H and O–H groups in total. The number of rotatable bonds is 5. The molecule has 2 atom stereocenters. The first-order valence-electron chi connectivity index (χ1n) is 9.34. The van der Waals surface area contributed by atoms with Crippen molar-refractivity contribution < 1.29 is 9.59 Å². The summed E-state index contributed by atoms with van der Waals surface area (Å²) in [6.07, 6.45) is 3.31. The van der Waals surface area contributed by atoms with E-state index in [-0.39, 0.29) is 36.9 Å². The Balaban J connectivity index is 1.59. The Morgan fingerprint density at radius 2 is 1.96 bits per heavy atom. The fraction of sp³-hybridized carbons (Fsp3) is 0.429. The van der Waals surface area contributed by atoms with Gasteiger partial charge in [-0.3, -0.25) is 9.59 Å². The van der Waals surface area contributed by atoms with Gasteiger partial charge in [0, 0.05) is 18.6 Å². The maximum atomic E-state index is 12.5. The van der Waals surface area contributed by atoms with Crippen LogP contribution in [0.2, 0.25) is 0 Å². The zero-order valence-electron chi connectivity index (χ0n) is 15.3. The van der Waals surface area contributed by atoms with Crippen LogP contribution in [0.25, 0.3) is 10.8 Å². The van der Waals surface area contributed by atoms with Crippen molar-refractivity contribution in [1.82, 2.24) is 10.2 Å². The van der Waals surface area contributed by atoms with Crippen molar-refractivity contribution >= 4 is 22.6 Å². The highest BCUT2D eigenvalue weighted by Crippen LogP contribution is 2.20. The first-order valence-corrected chi connectivity index (χ1v) is 9.34. The number of fused-ring (bicyclic) bond motifs is 1. The summed E-state index contributed by atoms with van der Waals surface area (Å²) < 4.78 is 0. The first kappa shape index (κ1) is 18.4. The molecule has 0 saturated carbocycles. The van der Waals surface area contributed by atoms with E-state index in [1.165, 1.54) is 0 Å². The molecule has 138 valence electrons. The van der Waals surface area contributed by atoms with E-state index in [4.69, 9.17) is 5.73 Å². The van der Waals surface area contributed by atoms with E-state index in [1.807, 2.05) is 54.3 Å². The minimum Gasteiger partial charge on any atom is -0.347 e. The molecule has 1 saturated heterocycles. The first-order chi connectivity index (χ1) is 12.6. The summed E-state index contributed by atoms with van der Waals surface area (Å²) in [6, 6.07) is 14.0. The van der Waals surface area contributed by atoms with Crippen molar-refractivity contribution in [2.24, 2.45) is 5.73 Å². The number of nitrogens with zero attached hydrogens (tertiary/aromatic N) is 1. The number of carbonyl (C=O) groups excluding carboxylic acids is 2. The van der Waals surface area contributed by atoms with Crippen molar-refractivity contribution in [2.45, 2.75) is 44.7 Å². The predicted molar refractivity (Wildman–Crippen MR) is 104 cm³/mol. The molecule has 1 aliphatic rings. The average Bonchev–Trinajstić information content (AvgIpc) is 2.66. The molecule has 2 amide bonds. The van der Waals surface area contributed by atoms with Gasteiger partial charge in [0.25, 0.3) is 0 Å². The highest BCUT2D eigenvalue weighted by Gasteiger charge is 2.29. The molecule has 2 aromatic carbocycles. The molecular weight excluding hydrogens is 326 g/mol. The van der Waals surface area contributed by atoms with Gasteiger partial charge in [0.15, 0.2) is 0 Å². The van der Waals surface area contributed by atoms with E-state index in [2.05, 4.69) is 5.32 Å². The summed E-state index contributed by atoms with van der Waals surface area (Å²) in [6.45, 7) is 2.70. The second-order valence-corrected chi connectivity index (χ2v) is 7.10. The quantitative estimate of drug-likeness (QED) is 0.865. The van der Waals surface area contributed by atoms with E-state index in [0.717, 1.165) is 42.1 Å². The minimum atomic E-state index is -0.135. The van der Waals surface area contributed by atoms with Crippen LogP contribution in [0.3, 0.4) is 0 Å². The highest BCUT2D eigenvalue weighted by atomic mass is 16.2. The molecule has 1 aliphatic heterocycles. The molecule has 5 heteroatoms. The van der Waals surface area contributed by atoms with Crippen molar-refractivity contribution in [2.75, 3.05) is 13.1 Å². The molecule has 0 spiro atoms. The van der Waals surface area contributed by atoms with E-state index >= 15 is 0 Å². The maximum Gasteiger partial charge on any atom is 0.242 e. The SMILES string of the molecule is CC(N)C1CCCCN1C(=O)CNC(=O)Cc1cccc2ccccc12. The second-order valence-electron chi connectivity index (χ2n) is 7.10. The fourth-order valence-corrected chi connectivity index (χ4v) is 3.77. The fourth-order valence-electron chi connectivity index (χ4n) is 3.77. The number of nitrogens with two attached hydrogens (primary N) is 1. The van der Waals surface area contributed by atoms with Crippen LogP contribution in [0.1, 0.15) is 31.7 Å². The lowest BCUT2D eigenvalue weighted by Gasteiger charge is -2.38.